The summed E-state index contributed by atoms with van der Waals surface area (Å²) in [5.41, 5.74) is 5.42. The Morgan fingerprint density at radius 1 is 1.29 bits per heavy atom. The molecule has 0 amide bonds. The van der Waals surface area contributed by atoms with E-state index in [0.29, 0.717) is 12.6 Å². The van der Waals surface area contributed by atoms with Crippen LogP contribution in [0.1, 0.15) is 34.6 Å². The topological polar surface area (TPSA) is 59.6 Å². The average molecular weight is 201 g/mol. The molecule has 0 aromatic heterocycles. The first-order valence-electron chi connectivity index (χ1n) is 4.79. The lowest BCUT2D eigenvalue weighted by Crippen LogP contribution is -2.46. The number of hydrogen-bond acceptors (Lipinski definition) is 2. The number of aliphatic imine (C=N–C) groups is 1. The molecular formula is C10H23N3O. The predicted molar refractivity (Wildman–Crippen MR) is 60.5 cm³/mol. The van der Waals surface area contributed by atoms with Gasteiger partial charge < -0.3 is 15.8 Å². The van der Waals surface area contributed by atoms with Crippen molar-refractivity contribution in [3.05, 3.63) is 0 Å². The summed E-state index contributed by atoms with van der Waals surface area (Å²) >= 11 is 0. The van der Waals surface area contributed by atoms with Gasteiger partial charge in [-0.2, -0.15) is 0 Å². The van der Waals surface area contributed by atoms with Crippen LogP contribution >= 0.6 is 0 Å². The van der Waals surface area contributed by atoms with Crippen LogP contribution in [-0.4, -0.2) is 30.8 Å². The summed E-state index contributed by atoms with van der Waals surface area (Å²) in [5, 5.41) is 3.11. The van der Waals surface area contributed by atoms with E-state index >= 15 is 0 Å². The fourth-order valence-electron chi connectivity index (χ4n) is 1.12. The molecule has 3 N–H and O–H groups in total. The first-order valence-corrected chi connectivity index (χ1v) is 4.79. The monoisotopic (exact) mass is 201 g/mol. The van der Waals surface area contributed by atoms with Crippen LogP contribution in [0.4, 0.5) is 0 Å². The standard InChI is InChI=1S/C10H23N3O/c1-9(2,3)12-8(11)13-10(4,5)7-14-6/h7H2,1-6H3,(H3,11,12,13). The van der Waals surface area contributed by atoms with Gasteiger partial charge in [0.15, 0.2) is 5.96 Å². The van der Waals surface area contributed by atoms with Crippen molar-refractivity contribution < 1.29 is 4.74 Å². The van der Waals surface area contributed by atoms with Gasteiger partial charge in [0.1, 0.15) is 0 Å². The predicted octanol–water partition coefficient (Wildman–Crippen LogP) is 1.11. The van der Waals surface area contributed by atoms with E-state index in [4.69, 9.17) is 10.5 Å². The molecular weight excluding hydrogens is 178 g/mol. The summed E-state index contributed by atoms with van der Waals surface area (Å²) in [6, 6.07) is 0. The highest BCUT2D eigenvalue weighted by molar-refractivity contribution is 5.79. The van der Waals surface area contributed by atoms with Crippen molar-refractivity contribution in [3.8, 4) is 0 Å². The van der Waals surface area contributed by atoms with Gasteiger partial charge in [0, 0.05) is 12.6 Å². The number of hydrogen-bond donors (Lipinski definition) is 2. The van der Waals surface area contributed by atoms with Crippen molar-refractivity contribution in [3.63, 3.8) is 0 Å². The number of guanidine groups is 1. The molecule has 0 aromatic carbocycles. The molecule has 0 bridgehead atoms. The van der Waals surface area contributed by atoms with Crippen molar-refractivity contribution in [2.45, 2.75) is 45.7 Å². The first-order chi connectivity index (χ1) is 6.16. The maximum absolute atomic E-state index is 5.76. The Kier molecular flexibility index (Phi) is 4.39. The quantitative estimate of drug-likeness (QED) is 0.531. The van der Waals surface area contributed by atoms with Crippen LogP contribution in [0.2, 0.25) is 0 Å². The molecule has 0 radical (unpaired) electrons. The molecule has 84 valence electrons. The molecule has 0 unspecified atom stereocenters. The van der Waals surface area contributed by atoms with Gasteiger partial charge in [-0.1, -0.05) is 0 Å². The van der Waals surface area contributed by atoms with Gasteiger partial charge in [-0.15, -0.1) is 0 Å². The van der Waals surface area contributed by atoms with Crippen molar-refractivity contribution in [2.75, 3.05) is 13.7 Å². The normalized spacial score (nSPS) is 14.3. The van der Waals surface area contributed by atoms with Crippen LogP contribution in [0.3, 0.4) is 0 Å². The van der Waals surface area contributed by atoms with E-state index in [-0.39, 0.29) is 11.1 Å². The molecule has 4 nitrogen and oxygen atoms in total. The number of nitrogens with zero attached hydrogens (tertiary/aromatic N) is 1. The molecule has 0 heterocycles. The lowest BCUT2D eigenvalue weighted by Gasteiger charge is -2.24. The minimum absolute atomic E-state index is 0.0588. The fraction of sp³-hybridized carbons (Fsp3) is 0.900. The maximum atomic E-state index is 5.76. The molecule has 0 aliphatic carbocycles. The van der Waals surface area contributed by atoms with E-state index in [1.54, 1.807) is 7.11 Å². The smallest absolute Gasteiger partial charge is 0.189 e. The van der Waals surface area contributed by atoms with E-state index < -0.39 is 0 Å². The minimum atomic E-state index is -0.281. The first kappa shape index (κ1) is 13.2. The number of rotatable bonds is 3. The Balaban J connectivity index is 4.36. The Bertz CT molecular complexity index is 204. The third kappa shape index (κ3) is 6.71. The van der Waals surface area contributed by atoms with E-state index in [1.807, 2.05) is 34.6 Å². The second kappa shape index (κ2) is 4.64. The molecule has 0 saturated heterocycles. The average Bonchev–Trinajstić information content (AvgIpc) is 1.78. The highest BCUT2D eigenvalue weighted by Crippen LogP contribution is 2.08. The summed E-state index contributed by atoms with van der Waals surface area (Å²) in [6.07, 6.45) is 0. The molecule has 0 rings (SSSR count). The summed E-state index contributed by atoms with van der Waals surface area (Å²) < 4.78 is 5.05. The molecule has 0 atom stereocenters. The molecule has 0 aliphatic rings. The molecule has 0 aromatic rings. The Labute approximate surface area is 86.9 Å². The summed E-state index contributed by atoms with van der Waals surface area (Å²) in [5.74, 6) is 0.458. The van der Waals surface area contributed by atoms with Crippen LogP contribution in [0.15, 0.2) is 4.99 Å². The number of methoxy groups -OCH3 is 1. The van der Waals surface area contributed by atoms with Crippen molar-refractivity contribution in [2.24, 2.45) is 10.7 Å². The van der Waals surface area contributed by atoms with E-state index in [2.05, 4.69) is 10.3 Å². The molecule has 14 heavy (non-hydrogen) atoms. The van der Waals surface area contributed by atoms with E-state index in [1.165, 1.54) is 0 Å². The van der Waals surface area contributed by atoms with Crippen molar-refractivity contribution >= 4 is 5.96 Å². The van der Waals surface area contributed by atoms with Crippen LogP contribution in [0, 0.1) is 0 Å². The number of ether oxygens (including phenoxy) is 1. The van der Waals surface area contributed by atoms with Gasteiger partial charge in [0.25, 0.3) is 0 Å². The highest BCUT2D eigenvalue weighted by Gasteiger charge is 2.18. The van der Waals surface area contributed by atoms with Crippen molar-refractivity contribution in [1.29, 1.82) is 0 Å². The second-order valence-electron chi connectivity index (χ2n) is 5.12. The van der Waals surface area contributed by atoms with E-state index in [9.17, 15) is 0 Å². The molecule has 4 heteroatoms. The number of nitrogens with two attached hydrogens (primary N) is 1. The third-order valence-corrected chi connectivity index (χ3v) is 1.42. The third-order valence-electron chi connectivity index (χ3n) is 1.42. The van der Waals surface area contributed by atoms with Crippen LogP contribution in [0.5, 0.6) is 0 Å². The number of nitrogens with one attached hydrogen (secondary N) is 1. The molecule has 0 saturated carbocycles. The van der Waals surface area contributed by atoms with E-state index in [0.717, 1.165) is 0 Å². The van der Waals surface area contributed by atoms with Gasteiger partial charge in [-0.05, 0) is 34.6 Å². The van der Waals surface area contributed by atoms with Gasteiger partial charge in [-0.3, -0.25) is 0 Å². The van der Waals surface area contributed by atoms with Gasteiger partial charge >= 0.3 is 0 Å². The second-order valence-corrected chi connectivity index (χ2v) is 5.12. The molecule has 0 aliphatic heterocycles. The fourth-order valence-corrected chi connectivity index (χ4v) is 1.12. The summed E-state index contributed by atoms with van der Waals surface area (Å²) in [4.78, 5) is 4.34. The zero-order valence-electron chi connectivity index (χ0n) is 10.1. The van der Waals surface area contributed by atoms with Crippen LogP contribution in [-0.2, 0) is 4.74 Å². The molecule has 0 spiro atoms. The molecule has 0 fully saturated rings. The van der Waals surface area contributed by atoms with Gasteiger partial charge in [0.2, 0.25) is 0 Å². The Hall–Kier alpha value is -0.770. The minimum Gasteiger partial charge on any atom is -0.382 e. The SMILES string of the molecule is COCC(C)(C)N=C(N)NC(C)(C)C. The zero-order chi connectivity index (χ0) is 11.4. The lowest BCUT2D eigenvalue weighted by atomic mass is 10.1. The Morgan fingerprint density at radius 3 is 2.14 bits per heavy atom. The van der Waals surface area contributed by atoms with Crippen LogP contribution in [0.25, 0.3) is 0 Å². The summed E-state index contributed by atoms with van der Waals surface area (Å²) in [6.45, 7) is 10.6. The van der Waals surface area contributed by atoms with Crippen molar-refractivity contribution in [1.82, 2.24) is 5.32 Å². The van der Waals surface area contributed by atoms with Gasteiger partial charge in [0.05, 0.1) is 12.1 Å². The zero-order valence-corrected chi connectivity index (χ0v) is 10.1. The largest absolute Gasteiger partial charge is 0.382 e. The maximum Gasteiger partial charge on any atom is 0.189 e. The van der Waals surface area contributed by atoms with Gasteiger partial charge in [-0.25, -0.2) is 4.99 Å². The van der Waals surface area contributed by atoms with Crippen LogP contribution < -0.4 is 11.1 Å². The highest BCUT2D eigenvalue weighted by atomic mass is 16.5. The Morgan fingerprint density at radius 2 is 1.79 bits per heavy atom. The lowest BCUT2D eigenvalue weighted by molar-refractivity contribution is 0.150. The summed E-state index contributed by atoms with van der Waals surface area (Å²) in [7, 11) is 1.66.